The number of nitrogens with zero attached hydrogens (tertiary/aromatic N) is 1. The molecule has 0 spiro atoms. The van der Waals surface area contributed by atoms with Crippen LogP contribution in [0.25, 0.3) is 0 Å². The first kappa shape index (κ1) is 14.8. The van der Waals surface area contributed by atoms with Crippen LogP contribution in [0.3, 0.4) is 0 Å². The maximum absolute atomic E-state index is 11.6. The summed E-state index contributed by atoms with van der Waals surface area (Å²) < 4.78 is 10.6. The van der Waals surface area contributed by atoms with Gasteiger partial charge in [0, 0.05) is 0 Å². The maximum Gasteiger partial charge on any atom is 0.277 e. The highest BCUT2D eigenvalue weighted by molar-refractivity contribution is 5.81. The Balaban J connectivity index is 1.75. The van der Waals surface area contributed by atoms with Gasteiger partial charge in [-0.3, -0.25) is 4.79 Å². The second kappa shape index (κ2) is 7.28. The third kappa shape index (κ3) is 4.80. The Bertz CT molecular complexity index is 615. The fourth-order valence-electron chi connectivity index (χ4n) is 1.69. The number of furan rings is 1. The Kier molecular flexibility index (Phi) is 5.15. The van der Waals surface area contributed by atoms with E-state index in [1.165, 1.54) is 11.8 Å². The van der Waals surface area contributed by atoms with Crippen LogP contribution < -0.4 is 10.2 Å². The number of hydrogen-bond acceptors (Lipinski definition) is 4. The molecule has 0 aliphatic carbocycles. The molecule has 0 saturated heterocycles. The minimum absolute atomic E-state index is 0.0833. The summed E-state index contributed by atoms with van der Waals surface area (Å²) in [4.78, 5) is 11.6. The number of benzene rings is 1. The zero-order chi connectivity index (χ0) is 15.1. The van der Waals surface area contributed by atoms with Crippen LogP contribution >= 0.6 is 0 Å². The van der Waals surface area contributed by atoms with Crippen molar-refractivity contribution in [1.82, 2.24) is 5.43 Å². The highest BCUT2D eigenvalue weighted by Crippen LogP contribution is 2.12. The molecule has 110 valence electrons. The summed E-state index contributed by atoms with van der Waals surface area (Å²) >= 11 is 0. The van der Waals surface area contributed by atoms with Crippen LogP contribution in [0, 0.1) is 6.92 Å². The van der Waals surface area contributed by atoms with Gasteiger partial charge in [-0.2, -0.15) is 5.10 Å². The van der Waals surface area contributed by atoms with E-state index < -0.39 is 0 Å². The minimum Gasteiger partial charge on any atom is -0.484 e. The van der Waals surface area contributed by atoms with Crippen molar-refractivity contribution >= 4 is 12.1 Å². The summed E-state index contributed by atoms with van der Waals surface area (Å²) in [6, 6.07) is 11.3. The highest BCUT2D eigenvalue weighted by atomic mass is 16.5. The highest BCUT2D eigenvalue weighted by Gasteiger charge is 2.01. The average Bonchev–Trinajstić information content (AvgIpc) is 2.91. The van der Waals surface area contributed by atoms with Crippen LogP contribution in [0.4, 0.5) is 0 Å². The Morgan fingerprint density at radius 2 is 2.05 bits per heavy atom. The van der Waals surface area contributed by atoms with Gasteiger partial charge in [-0.1, -0.05) is 19.1 Å². The Morgan fingerprint density at radius 3 is 2.67 bits per heavy atom. The molecule has 1 heterocycles. The van der Waals surface area contributed by atoms with E-state index in [-0.39, 0.29) is 12.5 Å². The normalized spacial score (nSPS) is 10.8. The molecule has 2 rings (SSSR count). The second-order valence-corrected chi connectivity index (χ2v) is 4.53. The Morgan fingerprint density at radius 1 is 1.29 bits per heavy atom. The van der Waals surface area contributed by atoms with E-state index in [0.717, 1.165) is 12.2 Å². The molecular formula is C16H18N2O3. The molecule has 5 heteroatoms. The number of carbonyl (C=O) groups is 1. The van der Waals surface area contributed by atoms with Gasteiger partial charge in [0.2, 0.25) is 0 Å². The van der Waals surface area contributed by atoms with Crippen LogP contribution in [-0.4, -0.2) is 18.7 Å². The first-order valence-electron chi connectivity index (χ1n) is 6.77. The predicted octanol–water partition coefficient (Wildman–Crippen LogP) is 2.68. The molecule has 0 aliphatic heterocycles. The molecule has 0 fully saturated rings. The summed E-state index contributed by atoms with van der Waals surface area (Å²) in [5.74, 6) is 1.72. The number of rotatable bonds is 6. The van der Waals surface area contributed by atoms with Gasteiger partial charge in [0.1, 0.15) is 17.3 Å². The maximum atomic E-state index is 11.6. The monoisotopic (exact) mass is 286 g/mol. The zero-order valence-corrected chi connectivity index (χ0v) is 12.1. The first-order chi connectivity index (χ1) is 10.2. The fourth-order valence-corrected chi connectivity index (χ4v) is 1.69. The van der Waals surface area contributed by atoms with Crippen LogP contribution in [0.5, 0.6) is 5.75 Å². The minimum atomic E-state index is -0.325. The van der Waals surface area contributed by atoms with Crippen molar-refractivity contribution in [1.29, 1.82) is 0 Å². The SMILES string of the molecule is CCc1ccc(OCC(=O)N/N=C/c2ccc(C)o2)cc1. The molecule has 0 aliphatic rings. The third-order valence-corrected chi connectivity index (χ3v) is 2.84. The largest absolute Gasteiger partial charge is 0.484 e. The topological polar surface area (TPSA) is 63.8 Å². The van der Waals surface area contributed by atoms with Gasteiger partial charge in [-0.05, 0) is 43.2 Å². The molecule has 1 aromatic heterocycles. The number of nitrogens with one attached hydrogen (secondary N) is 1. The summed E-state index contributed by atoms with van der Waals surface area (Å²) in [6.07, 6.45) is 2.42. The van der Waals surface area contributed by atoms with Crippen molar-refractivity contribution in [3.05, 3.63) is 53.5 Å². The van der Waals surface area contributed by atoms with Crippen molar-refractivity contribution in [2.75, 3.05) is 6.61 Å². The number of carbonyl (C=O) groups excluding carboxylic acids is 1. The number of ether oxygens (including phenoxy) is 1. The molecule has 0 bridgehead atoms. The Labute approximate surface area is 123 Å². The summed E-state index contributed by atoms with van der Waals surface area (Å²) in [5, 5.41) is 3.80. The smallest absolute Gasteiger partial charge is 0.277 e. The number of aryl methyl sites for hydroxylation is 2. The lowest BCUT2D eigenvalue weighted by atomic mass is 10.2. The van der Waals surface area contributed by atoms with Crippen molar-refractivity contribution in [3.8, 4) is 5.75 Å². The van der Waals surface area contributed by atoms with E-state index in [1.54, 1.807) is 6.07 Å². The molecule has 1 N–H and O–H groups in total. The Hall–Kier alpha value is -2.56. The summed E-state index contributed by atoms with van der Waals surface area (Å²) in [5.41, 5.74) is 3.61. The summed E-state index contributed by atoms with van der Waals surface area (Å²) in [7, 11) is 0. The van der Waals surface area contributed by atoms with E-state index in [9.17, 15) is 4.79 Å². The van der Waals surface area contributed by atoms with Crippen molar-refractivity contribution in [2.24, 2.45) is 5.10 Å². The molecule has 0 saturated carbocycles. The molecule has 0 unspecified atom stereocenters. The van der Waals surface area contributed by atoms with E-state index in [1.807, 2.05) is 37.3 Å². The molecule has 0 radical (unpaired) electrons. The van der Waals surface area contributed by atoms with E-state index in [2.05, 4.69) is 17.5 Å². The standard InChI is InChI=1S/C16H18N2O3/c1-3-13-5-8-14(9-6-13)20-11-16(19)18-17-10-15-7-4-12(2)21-15/h4-10H,3,11H2,1-2H3,(H,18,19)/b17-10+. The summed E-state index contributed by atoms with van der Waals surface area (Å²) in [6.45, 7) is 3.84. The molecular weight excluding hydrogens is 268 g/mol. The molecule has 2 aromatic rings. The van der Waals surface area contributed by atoms with Crippen molar-refractivity contribution in [3.63, 3.8) is 0 Å². The number of hydrogen-bond donors (Lipinski definition) is 1. The molecule has 0 atom stereocenters. The number of hydrazone groups is 1. The molecule has 1 amide bonds. The zero-order valence-electron chi connectivity index (χ0n) is 12.1. The second-order valence-electron chi connectivity index (χ2n) is 4.53. The van der Waals surface area contributed by atoms with Gasteiger partial charge in [0.15, 0.2) is 6.61 Å². The fraction of sp³-hybridized carbons (Fsp3) is 0.250. The van der Waals surface area contributed by atoms with Crippen LogP contribution in [0.2, 0.25) is 0 Å². The molecule has 1 aromatic carbocycles. The van der Waals surface area contributed by atoms with Crippen molar-refractivity contribution in [2.45, 2.75) is 20.3 Å². The van der Waals surface area contributed by atoms with Crippen molar-refractivity contribution < 1.29 is 13.9 Å². The van der Waals surface area contributed by atoms with E-state index >= 15 is 0 Å². The van der Waals surface area contributed by atoms with Gasteiger partial charge in [0.25, 0.3) is 5.91 Å². The molecule has 21 heavy (non-hydrogen) atoms. The predicted molar refractivity (Wildman–Crippen MR) is 80.5 cm³/mol. The van der Waals surface area contributed by atoms with Crippen LogP contribution in [0.1, 0.15) is 24.0 Å². The van der Waals surface area contributed by atoms with Gasteiger partial charge in [-0.25, -0.2) is 5.43 Å². The van der Waals surface area contributed by atoms with E-state index in [0.29, 0.717) is 11.5 Å². The van der Waals surface area contributed by atoms with Gasteiger partial charge in [-0.15, -0.1) is 0 Å². The lowest BCUT2D eigenvalue weighted by molar-refractivity contribution is -0.123. The van der Waals surface area contributed by atoms with Gasteiger partial charge < -0.3 is 9.15 Å². The van der Waals surface area contributed by atoms with E-state index in [4.69, 9.17) is 9.15 Å². The first-order valence-corrected chi connectivity index (χ1v) is 6.77. The van der Waals surface area contributed by atoms with Crippen LogP contribution in [0.15, 0.2) is 45.9 Å². The van der Waals surface area contributed by atoms with Gasteiger partial charge in [0.05, 0.1) is 6.21 Å². The lowest BCUT2D eigenvalue weighted by Crippen LogP contribution is -2.24. The molecule has 5 nitrogen and oxygen atoms in total. The van der Waals surface area contributed by atoms with Gasteiger partial charge >= 0.3 is 0 Å². The third-order valence-electron chi connectivity index (χ3n) is 2.84. The average molecular weight is 286 g/mol. The quantitative estimate of drug-likeness (QED) is 0.656. The van der Waals surface area contributed by atoms with Crippen LogP contribution in [-0.2, 0) is 11.2 Å². The lowest BCUT2D eigenvalue weighted by Gasteiger charge is -2.05. The number of amides is 1.